The van der Waals surface area contributed by atoms with E-state index in [2.05, 4.69) is 5.32 Å². The second-order valence-corrected chi connectivity index (χ2v) is 10.3. The van der Waals surface area contributed by atoms with E-state index >= 15 is 0 Å². The van der Waals surface area contributed by atoms with Crippen molar-refractivity contribution in [1.29, 1.82) is 0 Å². The number of anilines is 1. The van der Waals surface area contributed by atoms with Crippen LogP contribution in [0.15, 0.2) is 89.8 Å². The van der Waals surface area contributed by atoms with Crippen molar-refractivity contribution in [1.82, 2.24) is 4.90 Å². The molecular formula is C31H25ClN2O5S. The van der Waals surface area contributed by atoms with E-state index in [0.29, 0.717) is 41.0 Å². The quantitative estimate of drug-likeness (QED) is 0.214. The Labute approximate surface area is 240 Å². The predicted molar refractivity (Wildman–Crippen MR) is 159 cm³/mol. The molecule has 40 heavy (non-hydrogen) atoms. The molecule has 7 nitrogen and oxygen atoms in total. The minimum absolute atomic E-state index is 0.222. The molecule has 1 fully saturated rings. The monoisotopic (exact) mass is 572 g/mol. The van der Waals surface area contributed by atoms with Gasteiger partial charge in [-0.3, -0.25) is 19.3 Å². The number of hydrogen-bond acceptors (Lipinski definition) is 6. The van der Waals surface area contributed by atoms with Crippen LogP contribution in [-0.2, 0) is 16.2 Å². The summed E-state index contributed by atoms with van der Waals surface area (Å²) in [5, 5.41) is 4.82. The molecule has 0 radical (unpaired) electrons. The summed E-state index contributed by atoms with van der Waals surface area (Å²) in [4.78, 5) is 39.6. The van der Waals surface area contributed by atoms with E-state index in [0.717, 1.165) is 33.0 Å². The fraction of sp³-hybridized carbons (Fsp3) is 0.129. The number of thioether (sulfide) groups is 1. The van der Waals surface area contributed by atoms with E-state index < -0.39 is 17.1 Å². The summed E-state index contributed by atoms with van der Waals surface area (Å²) < 4.78 is 11.7. The molecule has 0 atom stereocenters. The number of rotatable bonds is 9. The number of carbonyl (C=O) groups excluding carboxylic acids is 3. The van der Waals surface area contributed by atoms with E-state index in [1.807, 2.05) is 55.5 Å². The topological polar surface area (TPSA) is 84.9 Å². The van der Waals surface area contributed by atoms with Gasteiger partial charge in [0, 0.05) is 16.1 Å². The van der Waals surface area contributed by atoms with Crippen molar-refractivity contribution in [2.24, 2.45) is 0 Å². The summed E-state index contributed by atoms with van der Waals surface area (Å²) in [6.07, 6.45) is 1.61. The third-order valence-electron chi connectivity index (χ3n) is 6.11. The van der Waals surface area contributed by atoms with Gasteiger partial charge in [0.2, 0.25) is 5.91 Å². The number of imide groups is 1. The third-order valence-corrected chi connectivity index (χ3v) is 7.27. The van der Waals surface area contributed by atoms with Gasteiger partial charge in [-0.05, 0) is 71.6 Å². The molecule has 202 valence electrons. The molecule has 1 N–H and O–H groups in total. The van der Waals surface area contributed by atoms with Gasteiger partial charge in [-0.1, -0.05) is 66.2 Å². The van der Waals surface area contributed by atoms with Gasteiger partial charge in [-0.25, -0.2) is 0 Å². The molecule has 5 rings (SSSR count). The van der Waals surface area contributed by atoms with Crippen molar-refractivity contribution >= 4 is 63.0 Å². The van der Waals surface area contributed by atoms with E-state index in [9.17, 15) is 14.4 Å². The lowest BCUT2D eigenvalue weighted by Gasteiger charge is -2.14. The fourth-order valence-electron chi connectivity index (χ4n) is 4.20. The number of nitrogens with zero attached hydrogens (tertiary/aromatic N) is 1. The Morgan fingerprint density at radius 2 is 1.73 bits per heavy atom. The third kappa shape index (κ3) is 6.30. The molecule has 1 aliphatic rings. The maximum atomic E-state index is 13.1. The summed E-state index contributed by atoms with van der Waals surface area (Å²) in [6, 6.07) is 25.9. The molecule has 1 aliphatic heterocycles. The lowest BCUT2D eigenvalue weighted by molar-refractivity contribution is -0.127. The van der Waals surface area contributed by atoms with Gasteiger partial charge in [0.05, 0.1) is 11.5 Å². The minimum Gasteiger partial charge on any atom is -0.490 e. The maximum Gasteiger partial charge on any atom is 0.294 e. The number of halogens is 1. The largest absolute Gasteiger partial charge is 0.490 e. The summed E-state index contributed by atoms with van der Waals surface area (Å²) >= 11 is 6.75. The molecule has 1 heterocycles. The lowest BCUT2D eigenvalue weighted by Crippen LogP contribution is -2.36. The number of nitrogens with one attached hydrogen (secondary N) is 1. The maximum absolute atomic E-state index is 13.1. The molecule has 0 aliphatic carbocycles. The van der Waals surface area contributed by atoms with Crippen LogP contribution in [0.3, 0.4) is 0 Å². The van der Waals surface area contributed by atoms with Crippen molar-refractivity contribution in [3.05, 3.63) is 106 Å². The van der Waals surface area contributed by atoms with Crippen molar-refractivity contribution in [3.63, 3.8) is 0 Å². The van der Waals surface area contributed by atoms with E-state index in [1.165, 1.54) is 0 Å². The minimum atomic E-state index is -0.524. The van der Waals surface area contributed by atoms with Gasteiger partial charge in [-0.2, -0.15) is 0 Å². The van der Waals surface area contributed by atoms with Crippen molar-refractivity contribution in [2.45, 2.75) is 13.5 Å². The van der Waals surface area contributed by atoms with Crippen LogP contribution in [0.4, 0.5) is 10.5 Å². The van der Waals surface area contributed by atoms with Gasteiger partial charge >= 0.3 is 0 Å². The molecule has 0 saturated carbocycles. The SMILES string of the molecule is CCOc1cc(/C=C2/SC(=O)N(CC(=O)Nc3cccc4ccccc34)C2=O)ccc1OCc1ccc(Cl)cc1. The number of hydrogen-bond donors (Lipinski definition) is 1. The van der Waals surface area contributed by atoms with Crippen molar-refractivity contribution in [3.8, 4) is 11.5 Å². The fourth-order valence-corrected chi connectivity index (χ4v) is 5.16. The first-order valence-corrected chi connectivity index (χ1v) is 13.8. The predicted octanol–water partition coefficient (Wildman–Crippen LogP) is 7.15. The summed E-state index contributed by atoms with van der Waals surface area (Å²) in [7, 11) is 0. The van der Waals surface area contributed by atoms with Crippen LogP contribution in [0, 0.1) is 0 Å². The Morgan fingerprint density at radius 3 is 2.52 bits per heavy atom. The average molecular weight is 573 g/mol. The molecule has 9 heteroatoms. The average Bonchev–Trinajstić information content (AvgIpc) is 3.21. The van der Waals surface area contributed by atoms with Crippen LogP contribution in [0.25, 0.3) is 16.8 Å². The Bertz CT molecular complexity index is 1610. The van der Waals surface area contributed by atoms with Crippen molar-refractivity contribution < 1.29 is 23.9 Å². The van der Waals surface area contributed by atoms with Gasteiger partial charge in [0.1, 0.15) is 13.2 Å². The van der Waals surface area contributed by atoms with Crippen molar-refractivity contribution in [2.75, 3.05) is 18.5 Å². The highest BCUT2D eigenvalue weighted by Crippen LogP contribution is 2.35. The van der Waals surface area contributed by atoms with Crippen LogP contribution in [-0.4, -0.2) is 35.1 Å². The summed E-state index contributed by atoms with van der Waals surface area (Å²) in [5.74, 6) is 0.0795. The molecule has 0 aromatic heterocycles. The van der Waals surface area contributed by atoms with E-state index in [1.54, 1.807) is 42.5 Å². The van der Waals surface area contributed by atoms with E-state index in [-0.39, 0.29) is 11.4 Å². The summed E-state index contributed by atoms with van der Waals surface area (Å²) in [6.45, 7) is 2.23. The summed E-state index contributed by atoms with van der Waals surface area (Å²) in [5.41, 5.74) is 2.23. The van der Waals surface area contributed by atoms with Crippen LogP contribution < -0.4 is 14.8 Å². The number of ether oxygens (including phenoxy) is 2. The first kappa shape index (κ1) is 27.3. The number of amides is 3. The molecule has 0 unspecified atom stereocenters. The normalized spacial score (nSPS) is 14.2. The van der Waals surface area contributed by atoms with Crippen LogP contribution in [0.5, 0.6) is 11.5 Å². The number of carbonyl (C=O) groups is 3. The van der Waals surface area contributed by atoms with E-state index in [4.69, 9.17) is 21.1 Å². The van der Waals surface area contributed by atoms with Gasteiger partial charge in [0.15, 0.2) is 11.5 Å². The Kier molecular flexibility index (Phi) is 8.38. The van der Waals surface area contributed by atoms with Gasteiger partial charge < -0.3 is 14.8 Å². The van der Waals surface area contributed by atoms with Crippen LogP contribution in [0.2, 0.25) is 5.02 Å². The second kappa shape index (κ2) is 12.3. The van der Waals surface area contributed by atoms with Crippen LogP contribution >= 0.6 is 23.4 Å². The molecule has 3 amide bonds. The highest BCUT2D eigenvalue weighted by molar-refractivity contribution is 8.18. The zero-order valence-corrected chi connectivity index (χ0v) is 23.1. The molecular weight excluding hydrogens is 548 g/mol. The Morgan fingerprint density at radius 1 is 0.950 bits per heavy atom. The second-order valence-electron chi connectivity index (χ2n) is 8.90. The molecule has 4 aromatic rings. The highest BCUT2D eigenvalue weighted by atomic mass is 35.5. The lowest BCUT2D eigenvalue weighted by atomic mass is 10.1. The molecule has 1 saturated heterocycles. The standard InChI is InChI=1S/C31H25ClN2O5S/c1-2-38-27-16-21(12-15-26(27)39-19-20-10-13-23(32)14-11-20)17-28-30(36)34(31(37)40-28)18-29(35)33-25-9-5-7-22-6-3-4-8-24(22)25/h3-17H,2,18-19H2,1H3,(H,33,35)/b28-17+. The van der Waals surface area contributed by atoms with Crippen LogP contribution in [0.1, 0.15) is 18.1 Å². The first-order chi connectivity index (χ1) is 19.4. The first-order valence-electron chi connectivity index (χ1n) is 12.6. The van der Waals surface area contributed by atoms with Gasteiger partial charge in [0.25, 0.3) is 11.1 Å². The molecule has 4 aromatic carbocycles. The Balaban J connectivity index is 1.27. The number of benzene rings is 4. The van der Waals surface area contributed by atoms with Gasteiger partial charge in [-0.15, -0.1) is 0 Å². The molecule has 0 bridgehead atoms. The zero-order chi connectivity index (χ0) is 28.1. The zero-order valence-electron chi connectivity index (χ0n) is 21.6. The highest BCUT2D eigenvalue weighted by Gasteiger charge is 2.36. The molecule has 0 spiro atoms. The Hall–Kier alpha value is -4.27. The smallest absolute Gasteiger partial charge is 0.294 e. The number of fused-ring (bicyclic) bond motifs is 1.